The van der Waals surface area contributed by atoms with Gasteiger partial charge in [0.15, 0.2) is 5.82 Å². The molecule has 0 saturated carbocycles. The molecule has 1 aromatic rings. The fraction of sp³-hybridized carbons (Fsp3) is 0.538. The van der Waals surface area contributed by atoms with Crippen molar-refractivity contribution in [2.75, 3.05) is 30.8 Å². The maximum atomic E-state index is 8.80. The Kier molecular flexibility index (Phi) is 3.68. The summed E-state index contributed by atoms with van der Waals surface area (Å²) in [7, 11) is 1.74. The minimum Gasteiger partial charge on any atom is -0.396 e. The number of nitrogen functional groups attached to an aromatic ring is 1. The molecule has 0 aliphatic carbocycles. The van der Waals surface area contributed by atoms with Crippen LogP contribution in [0.5, 0.6) is 0 Å². The van der Waals surface area contributed by atoms with Gasteiger partial charge < -0.3 is 15.4 Å². The van der Waals surface area contributed by atoms with Crippen molar-refractivity contribution in [3.63, 3.8) is 0 Å². The van der Waals surface area contributed by atoms with Crippen LogP contribution >= 0.6 is 0 Å². The lowest BCUT2D eigenvalue weighted by atomic mass is 9.96. The zero-order chi connectivity index (χ0) is 13.1. The predicted molar refractivity (Wildman–Crippen MR) is 70.2 cm³/mol. The lowest BCUT2D eigenvalue weighted by molar-refractivity contribution is 0.0497. The van der Waals surface area contributed by atoms with Crippen molar-refractivity contribution < 1.29 is 4.74 Å². The van der Waals surface area contributed by atoms with Crippen LogP contribution in [0.15, 0.2) is 12.3 Å². The summed E-state index contributed by atoms with van der Waals surface area (Å²) in [5, 5.41) is 8.80. The van der Waals surface area contributed by atoms with Gasteiger partial charge in [-0.15, -0.1) is 0 Å². The summed E-state index contributed by atoms with van der Waals surface area (Å²) in [4.78, 5) is 6.42. The maximum Gasteiger partial charge on any atom is 0.151 e. The van der Waals surface area contributed by atoms with E-state index in [2.05, 4.69) is 16.8 Å². The number of hydrogen-bond acceptors (Lipinski definition) is 5. The van der Waals surface area contributed by atoms with Gasteiger partial charge in [-0.2, -0.15) is 5.26 Å². The fourth-order valence-electron chi connectivity index (χ4n) is 2.33. The monoisotopic (exact) mass is 246 g/mol. The zero-order valence-corrected chi connectivity index (χ0v) is 10.8. The fourth-order valence-corrected chi connectivity index (χ4v) is 2.33. The van der Waals surface area contributed by atoms with E-state index in [0.29, 0.717) is 17.2 Å². The molecule has 5 nitrogen and oxygen atoms in total. The van der Waals surface area contributed by atoms with Gasteiger partial charge in [0.1, 0.15) is 6.07 Å². The molecular formula is C13H18N4O. The second-order valence-corrected chi connectivity index (χ2v) is 4.73. The zero-order valence-electron chi connectivity index (χ0n) is 10.8. The van der Waals surface area contributed by atoms with Gasteiger partial charge in [-0.25, -0.2) is 4.98 Å². The first-order valence-electron chi connectivity index (χ1n) is 6.09. The molecule has 1 fully saturated rings. The van der Waals surface area contributed by atoms with Crippen LogP contribution in [0, 0.1) is 17.2 Å². The van der Waals surface area contributed by atoms with E-state index in [1.54, 1.807) is 19.4 Å². The lowest BCUT2D eigenvalue weighted by Gasteiger charge is -2.37. The number of piperidine rings is 1. The minimum atomic E-state index is 0.204. The van der Waals surface area contributed by atoms with E-state index in [0.717, 1.165) is 25.3 Å². The second kappa shape index (κ2) is 5.23. The van der Waals surface area contributed by atoms with Gasteiger partial charge in [-0.1, -0.05) is 6.92 Å². The first-order chi connectivity index (χ1) is 8.65. The first-order valence-corrected chi connectivity index (χ1v) is 6.09. The third kappa shape index (κ3) is 2.39. The number of ether oxygens (including phenoxy) is 1. The molecule has 0 bridgehead atoms. The van der Waals surface area contributed by atoms with Gasteiger partial charge >= 0.3 is 0 Å². The van der Waals surface area contributed by atoms with Crippen LogP contribution in [0.1, 0.15) is 18.9 Å². The van der Waals surface area contributed by atoms with Crippen molar-refractivity contribution in [1.82, 2.24) is 4.98 Å². The maximum absolute atomic E-state index is 8.80. The summed E-state index contributed by atoms with van der Waals surface area (Å²) in [5.41, 5.74) is 7.00. The normalized spacial score (nSPS) is 23.7. The average Bonchev–Trinajstić information content (AvgIpc) is 2.39. The summed E-state index contributed by atoms with van der Waals surface area (Å²) < 4.78 is 5.48. The molecule has 2 rings (SSSR count). The Morgan fingerprint density at radius 2 is 2.39 bits per heavy atom. The number of hydrogen-bond donors (Lipinski definition) is 1. The number of aromatic nitrogens is 1. The number of nitrogens with two attached hydrogens (primary N) is 1. The molecule has 18 heavy (non-hydrogen) atoms. The van der Waals surface area contributed by atoms with Crippen molar-refractivity contribution in [1.29, 1.82) is 5.26 Å². The summed E-state index contributed by atoms with van der Waals surface area (Å²) in [5.74, 6) is 1.30. The number of pyridine rings is 1. The molecule has 5 heteroatoms. The van der Waals surface area contributed by atoms with E-state index in [9.17, 15) is 0 Å². The molecule has 2 atom stereocenters. The Bertz CT molecular complexity index is 469. The van der Waals surface area contributed by atoms with Crippen LogP contribution in [-0.2, 0) is 4.74 Å². The van der Waals surface area contributed by atoms with E-state index in [-0.39, 0.29) is 6.10 Å². The number of nitrogens with zero attached hydrogens (tertiary/aromatic N) is 3. The SMILES string of the molecule is COC1CN(c2ncc(C#N)cc2N)CCC1C. The standard InChI is InChI=1S/C13H18N4O/c1-9-3-4-17(8-12(9)18-2)13-11(15)5-10(6-14)7-16-13/h5,7,9,12H,3-4,8,15H2,1-2H3. The van der Waals surface area contributed by atoms with E-state index in [1.165, 1.54) is 0 Å². The van der Waals surface area contributed by atoms with Crippen LogP contribution < -0.4 is 10.6 Å². The van der Waals surface area contributed by atoms with E-state index >= 15 is 0 Å². The third-order valence-electron chi connectivity index (χ3n) is 3.52. The molecule has 0 spiro atoms. The van der Waals surface area contributed by atoms with Crippen molar-refractivity contribution in [2.24, 2.45) is 5.92 Å². The quantitative estimate of drug-likeness (QED) is 0.853. The van der Waals surface area contributed by atoms with Crippen LogP contribution in [0.3, 0.4) is 0 Å². The Morgan fingerprint density at radius 3 is 3.00 bits per heavy atom. The summed E-state index contributed by atoms with van der Waals surface area (Å²) in [6.45, 7) is 3.91. The van der Waals surface area contributed by atoms with Gasteiger partial charge in [-0.05, 0) is 18.4 Å². The number of nitriles is 1. The van der Waals surface area contributed by atoms with E-state index in [4.69, 9.17) is 15.7 Å². The smallest absolute Gasteiger partial charge is 0.151 e. The summed E-state index contributed by atoms with van der Waals surface area (Å²) in [6.07, 6.45) is 2.82. The van der Waals surface area contributed by atoms with Crippen LogP contribution in [-0.4, -0.2) is 31.3 Å². The summed E-state index contributed by atoms with van der Waals surface area (Å²) in [6, 6.07) is 3.71. The Balaban J connectivity index is 2.20. The predicted octanol–water partition coefficient (Wildman–Crippen LogP) is 1.40. The van der Waals surface area contributed by atoms with Crippen molar-refractivity contribution >= 4 is 11.5 Å². The highest BCUT2D eigenvalue weighted by atomic mass is 16.5. The van der Waals surface area contributed by atoms with Crippen molar-refractivity contribution in [3.05, 3.63) is 17.8 Å². The van der Waals surface area contributed by atoms with Crippen LogP contribution in [0.2, 0.25) is 0 Å². The number of anilines is 2. The highest BCUT2D eigenvalue weighted by molar-refractivity contribution is 5.64. The molecule has 0 aromatic carbocycles. The Hall–Kier alpha value is -1.80. The number of methoxy groups -OCH3 is 1. The van der Waals surface area contributed by atoms with Gasteiger partial charge in [0, 0.05) is 26.4 Å². The number of rotatable bonds is 2. The highest BCUT2D eigenvalue weighted by Gasteiger charge is 2.27. The van der Waals surface area contributed by atoms with E-state index in [1.807, 2.05) is 6.07 Å². The molecule has 96 valence electrons. The molecule has 0 radical (unpaired) electrons. The molecule has 1 aliphatic heterocycles. The second-order valence-electron chi connectivity index (χ2n) is 4.73. The molecule has 2 N–H and O–H groups in total. The molecule has 2 heterocycles. The largest absolute Gasteiger partial charge is 0.396 e. The lowest BCUT2D eigenvalue weighted by Crippen LogP contribution is -2.44. The molecule has 2 unspecified atom stereocenters. The Labute approximate surface area is 107 Å². The van der Waals surface area contributed by atoms with Crippen molar-refractivity contribution in [3.8, 4) is 6.07 Å². The average molecular weight is 246 g/mol. The van der Waals surface area contributed by atoms with Gasteiger partial charge in [0.25, 0.3) is 0 Å². The van der Waals surface area contributed by atoms with Gasteiger partial charge in [0.05, 0.1) is 17.4 Å². The first kappa shape index (κ1) is 12.7. The molecule has 1 aromatic heterocycles. The van der Waals surface area contributed by atoms with Crippen LogP contribution in [0.25, 0.3) is 0 Å². The van der Waals surface area contributed by atoms with Crippen LogP contribution in [0.4, 0.5) is 11.5 Å². The Morgan fingerprint density at radius 1 is 1.61 bits per heavy atom. The van der Waals surface area contributed by atoms with Gasteiger partial charge in [-0.3, -0.25) is 0 Å². The topological polar surface area (TPSA) is 75.2 Å². The van der Waals surface area contributed by atoms with E-state index < -0.39 is 0 Å². The minimum absolute atomic E-state index is 0.204. The molecule has 1 aliphatic rings. The van der Waals surface area contributed by atoms with Crippen molar-refractivity contribution in [2.45, 2.75) is 19.4 Å². The third-order valence-corrected chi connectivity index (χ3v) is 3.52. The molecule has 1 saturated heterocycles. The van der Waals surface area contributed by atoms with Gasteiger partial charge in [0.2, 0.25) is 0 Å². The highest BCUT2D eigenvalue weighted by Crippen LogP contribution is 2.27. The molecule has 0 amide bonds. The summed E-state index contributed by atoms with van der Waals surface area (Å²) >= 11 is 0. The molecular weight excluding hydrogens is 228 g/mol.